The van der Waals surface area contributed by atoms with Gasteiger partial charge in [-0.1, -0.05) is 6.42 Å². The van der Waals surface area contributed by atoms with Crippen LogP contribution in [0.15, 0.2) is 0 Å². The fourth-order valence-electron chi connectivity index (χ4n) is 4.04. The Balaban J connectivity index is 1.63. The molecule has 4 atom stereocenters. The van der Waals surface area contributed by atoms with Gasteiger partial charge in [0.2, 0.25) is 0 Å². The summed E-state index contributed by atoms with van der Waals surface area (Å²) in [6.45, 7) is 1.07. The van der Waals surface area contributed by atoms with Gasteiger partial charge in [-0.05, 0) is 44.4 Å². The van der Waals surface area contributed by atoms with Crippen molar-refractivity contribution in [2.75, 3.05) is 6.54 Å². The summed E-state index contributed by atoms with van der Waals surface area (Å²) in [5.74, 6) is 0.498. The molecule has 2 heterocycles. The van der Waals surface area contributed by atoms with Crippen LogP contribution >= 0.6 is 0 Å². The molecule has 2 saturated heterocycles. The molecule has 0 aromatic carbocycles. The van der Waals surface area contributed by atoms with Crippen molar-refractivity contribution in [1.29, 1.82) is 0 Å². The lowest BCUT2D eigenvalue weighted by atomic mass is 9.96. The zero-order valence-corrected chi connectivity index (χ0v) is 9.89. The zero-order chi connectivity index (χ0) is 11.1. The van der Waals surface area contributed by atoms with E-state index in [1.807, 2.05) is 0 Å². The second-order valence-electron chi connectivity index (χ2n) is 5.97. The molecule has 3 heteroatoms. The van der Waals surface area contributed by atoms with Crippen molar-refractivity contribution in [2.45, 2.75) is 69.2 Å². The van der Waals surface area contributed by atoms with Crippen LogP contribution in [-0.2, 0) is 0 Å². The van der Waals surface area contributed by atoms with Crippen molar-refractivity contribution in [1.82, 2.24) is 4.90 Å². The van der Waals surface area contributed by atoms with E-state index in [-0.39, 0.29) is 12.2 Å². The number of hydrogen-bond acceptors (Lipinski definition) is 3. The number of aliphatic hydroxyl groups is 2. The number of aliphatic hydroxyl groups excluding tert-OH is 2. The van der Waals surface area contributed by atoms with Crippen LogP contribution in [0.2, 0.25) is 0 Å². The molecule has 0 amide bonds. The maximum atomic E-state index is 9.89. The van der Waals surface area contributed by atoms with Crippen LogP contribution in [0.4, 0.5) is 0 Å². The standard InChI is InChI=1S/C13H23NO2/c15-12-6-10-4-5-11(7-12)14(10)8-9-2-1-3-13(9)16/h9-13,15-16H,1-8H2. The lowest BCUT2D eigenvalue weighted by Crippen LogP contribution is -2.47. The Morgan fingerprint density at radius 3 is 2.19 bits per heavy atom. The fraction of sp³-hybridized carbons (Fsp3) is 1.00. The largest absolute Gasteiger partial charge is 0.393 e. The third kappa shape index (κ3) is 1.89. The van der Waals surface area contributed by atoms with Gasteiger partial charge < -0.3 is 10.2 Å². The summed E-state index contributed by atoms with van der Waals surface area (Å²) in [6.07, 6.45) is 7.68. The third-order valence-corrected chi connectivity index (χ3v) is 4.92. The van der Waals surface area contributed by atoms with Gasteiger partial charge in [0.1, 0.15) is 0 Å². The maximum absolute atomic E-state index is 9.89. The molecule has 0 aromatic heterocycles. The molecule has 2 bridgehead atoms. The Morgan fingerprint density at radius 1 is 0.938 bits per heavy atom. The van der Waals surface area contributed by atoms with Gasteiger partial charge in [0.25, 0.3) is 0 Å². The molecular weight excluding hydrogens is 202 g/mol. The molecule has 92 valence electrons. The zero-order valence-electron chi connectivity index (χ0n) is 9.89. The van der Waals surface area contributed by atoms with E-state index < -0.39 is 0 Å². The monoisotopic (exact) mass is 225 g/mol. The molecule has 2 N–H and O–H groups in total. The molecule has 3 aliphatic rings. The van der Waals surface area contributed by atoms with E-state index in [2.05, 4.69) is 4.90 Å². The van der Waals surface area contributed by atoms with Gasteiger partial charge in [-0.3, -0.25) is 4.90 Å². The van der Waals surface area contributed by atoms with Crippen molar-refractivity contribution in [3.63, 3.8) is 0 Å². The molecule has 3 nitrogen and oxygen atoms in total. The van der Waals surface area contributed by atoms with Crippen LogP contribution in [0.25, 0.3) is 0 Å². The van der Waals surface area contributed by atoms with Crippen LogP contribution in [-0.4, -0.2) is 45.9 Å². The van der Waals surface area contributed by atoms with Crippen LogP contribution in [0.5, 0.6) is 0 Å². The molecule has 2 aliphatic heterocycles. The summed E-state index contributed by atoms with van der Waals surface area (Å²) < 4.78 is 0. The Bertz CT molecular complexity index is 244. The highest BCUT2D eigenvalue weighted by molar-refractivity contribution is 4.96. The van der Waals surface area contributed by atoms with Crippen LogP contribution in [0.1, 0.15) is 44.9 Å². The number of rotatable bonds is 2. The normalized spacial score (nSPS) is 48.8. The van der Waals surface area contributed by atoms with Crippen molar-refractivity contribution in [3.05, 3.63) is 0 Å². The molecule has 16 heavy (non-hydrogen) atoms. The molecule has 3 fully saturated rings. The minimum Gasteiger partial charge on any atom is -0.393 e. The Labute approximate surface area is 97.4 Å². The maximum Gasteiger partial charge on any atom is 0.0580 e. The van der Waals surface area contributed by atoms with E-state index >= 15 is 0 Å². The highest BCUT2D eigenvalue weighted by Gasteiger charge is 2.41. The first-order valence-electron chi connectivity index (χ1n) is 6.86. The summed E-state index contributed by atoms with van der Waals surface area (Å²) in [5, 5.41) is 19.6. The first kappa shape index (κ1) is 11.0. The smallest absolute Gasteiger partial charge is 0.0580 e. The van der Waals surface area contributed by atoms with Crippen LogP contribution in [0, 0.1) is 5.92 Å². The highest BCUT2D eigenvalue weighted by Crippen LogP contribution is 2.38. The number of fused-ring (bicyclic) bond motifs is 2. The Hall–Kier alpha value is -0.120. The quantitative estimate of drug-likeness (QED) is 0.740. The van der Waals surface area contributed by atoms with E-state index in [4.69, 9.17) is 0 Å². The number of nitrogens with zero attached hydrogens (tertiary/aromatic N) is 1. The summed E-state index contributed by atoms with van der Waals surface area (Å²) >= 11 is 0. The Morgan fingerprint density at radius 2 is 1.62 bits per heavy atom. The molecule has 0 radical (unpaired) electrons. The molecular formula is C13H23NO2. The second-order valence-corrected chi connectivity index (χ2v) is 5.97. The molecule has 0 aromatic rings. The van der Waals surface area contributed by atoms with Gasteiger partial charge >= 0.3 is 0 Å². The molecule has 1 saturated carbocycles. The van der Waals surface area contributed by atoms with Gasteiger partial charge in [-0.15, -0.1) is 0 Å². The fourth-order valence-corrected chi connectivity index (χ4v) is 4.04. The van der Waals surface area contributed by atoms with Gasteiger partial charge in [-0.25, -0.2) is 0 Å². The van der Waals surface area contributed by atoms with Crippen molar-refractivity contribution in [3.8, 4) is 0 Å². The van der Waals surface area contributed by atoms with E-state index in [0.717, 1.165) is 25.8 Å². The van der Waals surface area contributed by atoms with Gasteiger partial charge in [0.15, 0.2) is 0 Å². The van der Waals surface area contributed by atoms with E-state index in [1.165, 1.54) is 25.7 Å². The minimum atomic E-state index is -0.0674. The predicted octanol–water partition coefficient (Wildman–Crippen LogP) is 1.14. The molecule has 4 unspecified atom stereocenters. The summed E-state index contributed by atoms with van der Waals surface area (Å²) in [6, 6.07) is 1.20. The van der Waals surface area contributed by atoms with E-state index in [1.54, 1.807) is 0 Å². The number of hydrogen-bond donors (Lipinski definition) is 2. The molecule has 0 spiro atoms. The molecule has 1 aliphatic carbocycles. The lowest BCUT2D eigenvalue weighted by Gasteiger charge is -2.39. The second kappa shape index (κ2) is 4.28. The highest BCUT2D eigenvalue weighted by atomic mass is 16.3. The van der Waals surface area contributed by atoms with E-state index in [9.17, 15) is 10.2 Å². The minimum absolute atomic E-state index is 0.0637. The van der Waals surface area contributed by atoms with Crippen molar-refractivity contribution in [2.24, 2.45) is 5.92 Å². The third-order valence-electron chi connectivity index (χ3n) is 4.92. The lowest BCUT2D eigenvalue weighted by molar-refractivity contribution is 0.0132. The summed E-state index contributed by atoms with van der Waals surface area (Å²) in [7, 11) is 0. The van der Waals surface area contributed by atoms with Gasteiger partial charge in [0.05, 0.1) is 12.2 Å². The van der Waals surface area contributed by atoms with Crippen LogP contribution in [0.3, 0.4) is 0 Å². The average molecular weight is 225 g/mol. The first-order valence-corrected chi connectivity index (χ1v) is 6.86. The van der Waals surface area contributed by atoms with Crippen molar-refractivity contribution < 1.29 is 10.2 Å². The van der Waals surface area contributed by atoms with E-state index in [0.29, 0.717) is 18.0 Å². The topological polar surface area (TPSA) is 43.7 Å². The van der Waals surface area contributed by atoms with Gasteiger partial charge in [-0.2, -0.15) is 0 Å². The number of piperidine rings is 1. The van der Waals surface area contributed by atoms with Gasteiger partial charge in [0, 0.05) is 18.6 Å². The summed E-state index contributed by atoms with van der Waals surface area (Å²) in [5.41, 5.74) is 0. The summed E-state index contributed by atoms with van der Waals surface area (Å²) in [4.78, 5) is 2.59. The van der Waals surface area contributed by atoms with Crippen molar-refractivity contribution >= 4 is 0 Å². The first-order chi connectivity index (χ1) is 7.74. The SMILES string of the molecule is OC1CC2CCC(C1)N2CC1CCCC1O. The molecule has 3 rings (SSSR count). The predicted molar refractivity (Wildman–Crippen MR) is 62.1 cm³/mol. The Kier molecular flexibility index (Phi) is 2.94. The average Bonchev–Trinajstić information content (AvgIpc) is 2.73. The van der Waals surface area contributed by atoms with Crippen LogP contribution < -0.4 is 0 Å².